The molecule has 0 saturated carbocycles. The molecule has 8 fully saturated rings. The maximum atomic E-state index is 13.0. The van der Waals surface area contributed by atoms with Gasteiger partial charge in [-0.2, -0.15) is 0 Å². The summed E-state index contributed by atoms with van der Waals surface area (Å²) >= 11 is 26.6. The zero-order valence-electron chi connectivity index (χ0n) is 65.1. The summed E-state index contributed by atoms with van der Waals surface area (Å²) < 4.78 is 144. The predicted molar refractivity (Wildman–Crippen MR) is 407 cm³/mol. The molecule has 648 valence electrons. The molecule has 0 aromatic carbocycles. The summed E-state index contributed by atoms with van der Waals surface area (Å²) in [6.07, 6.45) is -6.94. The van der Waals surface area contributed by atoms with E-state index in [1.54, 1.807) is 83.1 Å². The number of fused-ring (bicyclic) bond motifs is 4. The van der Waals surface area contributed by atoms with Crippen molar-refractivity contribution < 1.29 is 112 Å². The molecule has 0 bridgehead atoms. The van der Waals surface area contributed by atoms with Crippen LogP contribution < -0.4 is 65.3 Å². The summed E-state index contributed by atoms with van der Waals surface area (Å²) in [4.78, 5) is 145. The number of ether oxygens (including phenoxy) is 8. The molecule has 0 amide bonds. The Morgan fingerprint density at radius 2 is 0.534 bits per heavy atom. The van der Waals surface area contributed by atoms with Gasteiger partial charge in [-0.15, -0.1) is 46.4 Å². The number of esters is 4. The van der Waals surface area contributed by atoms with E-state index in [1.165, 1.54) is 52.5 Å². The highest BCUT2D eigenvalue weighted by atomic mass is 35.5. The van der Waals surface area contributed by atoms with Gasteiger partial charge >= 0.3 is 77.6 Å². The molecule has 4 aromatic rings. The van der Waals surface area contributed by atoms with Crippen LogP contribution in [0.2, 0.25) is 0 Å². The number of alkyl halides is 4. The van der Waals surface area contributed by atoms with Gasteiger partial charge in [0.2, 0.25) is 0 Å². The highest BCUT2D eigenvalue weighted by Crippen LogP contribution is 2.61. The molecule has 2 unspecified atom stereocenters. The van der Waals surface area contributed by atoms with Gasteiger partial charge in [0.1, 0.15) is 92.5 Å². The van der Waals surface area contributed by atoms with Crippen LogP contribution in [0.3, 0.4) is 0 Å². The zero-order valence-corrected chi connectivity index (χ0v) is 71.7. The first-order valence-corrected chi connectivity index (χ1v) is 43.7. The van der Waals surface area contributed by atoms with Crippen molar-refractivity contribution in [1.82, 2.24) is 58.6 Å². The molecule has 24 atom stereocenters. The molecule has 12 rings (SSSR count). The predicted octanol–water partition coefficient (Wildman–Crippen LogP) is 3.54. The van der Waals surface area contributed by atoms with Crippen LogP contribution in [0.4, 0.5) is 0 Å². The average molecular weight is 1810 g/mol. The van der Waals surface area contributed by atoms with Gasteiger partial charge in [0, 0.05) is 49.1 Å². The molecule has 8 aliphatic heterocycles. The molecule has 8 aliphatic rings. The number of carbonyl (C=O) groups is 4. The third-order valence-corrected chi connectivity index (χ3v) is 26.4. The lowest BCUT2D eigenvalue weighted by Crippen LogP contribution is -2.47. The number of aromatic amines is 4. The molecule has 116 heavy (non-hydrogen) atoms. The van der Waals surface area contributed by atoms with E-state index in [1.807, 2.05) is 0 Å². The van der Waals surface area contributed by atoms with Crippen molar-refractivity contribution in [2.75, 3.05) is 26.4 Å². The monoisotopic (exact) mass is 1800 g/mol. The molecule has 0 aliphatic carbocycles. The summed E-state index contributed by atoms with van der Waals surface area (Å²) in [5, 5.41) is 10.1. The first kappa shape index (κ1) is 93.9. The minimum Gasteiger partial charge on any atom is -0.462 e. The maximum absolute atomic E-state index is 13.0. The van der Waals surface area contributed by atoms with Crippen LogP contribution in [-0.4, -0.2) is 205 Å². The van der Waals surface area contributed by atoms with Crippen molar-refractivity contribution >= 4 is 101 Å². The molecule has 8 saturated heterocycles. The number of hydrogen-bond donors (Lipinski definition) is 8. The van der Waals surface area contributed by atoms with Gasteiger partial charge < -0.3 is 37.9 Å². The van der Waals surface area contributed by atoms with E-state index in [0.29, 0.717) is 0 Å². The molecule has 52 heteroatoms. The second-order valence-electron chi connectivity index (χ2n) is 29.4. The van der Waals surface area contributed by atoms with Crippen molar-refractivity contribution in [3.63, 3.8) is 0 Å². The molecule has 0 spiro atoms. The molecular formula is C64H92Cl4N12O32P4. The smallest absolute Gasteiger partial charge is 0.406 e. The second-order valence-corrected chi connectivity index (χ2v) is 39.6. The van der Waals surface area contributed by atoms with Crippen molar-refractivity contribution in [2.45, 2.75) is 253 Å². The third kappa shape index (κ3) is 21.8. The number of nitrogens with zero attached hydrogens (tertiary/aromatic N) is 4. The topological polar surface area (TPSA) is 552 Å². The van der Waals surface area contributed by atoms with Crippen LogP contribution in [0.15, 0.2) is 87.4 Å². The Kier molecular flexibility index (Phi) is 29.8. The normalized spacial score (nSPS) is 35.3. The molecule has 8 N–H and O–H groups in total. The van der Waals surface area contributed by atoms with Crippen molar-refractivity contribution in [3.8, 4) is 0 Å². The van der Waals surface area contributed by atoms with Gasteiger partial charge in [-0.25, -0.2) is 57.8 Å². The minimum absolute atomic E-state index is 0.141. The molecule has 4 aromatic heterocycles. The summed E-state index contributed by atoms with van der Waals surface area (Å²) in [6.45, 7) is 25.1. The van der Waals surface area contributed by atoms with Crippen LogP contribution in [-0.2, 0) is 112 Å². The fraction of sp³-hybridized carbons (Fsp3) is 0.688. The number of carbonyl (C=O) groups excluding carboxylic acids is 4. The van der Waals surface area contributed by atoms with Gasteiger partial charge in [-0.3, -0.25) is 113 Å². The molecule has 44 nitrogen and oxygen atoms in total. The highest BCUT2D eigenvalue weighted by Gasteiger charge is 2.64. The van der Waals surface area contributed by atoms with E-state index in [4.69, 9.17) is 120 Å². The molecule has 12 heterocycles. The Morgan fingerprint density at radius 1 is 0.362 bits per heavy atom. The number of rotatable bonds is 20. The Morgan fingerprint density at radius 3 is 0.690 bits per heavy atom. The van der Waals surface area contributed by atoms with Crippen molar-refractivity contribution in [2.24, 2.45) is 0 Å². The van der Waals surface area contributed by atoms with Crippen LogP contribution in [0.25, 0.3) is 0 Å². The van der Waals surface area contributed by atoms with Gasteiger partial charge in [-0.05, 0) is 111 Å². The first-order valence-electron chi connectivity index (χ1n) is 36.0. The fourth-order valence-electron chi connectivity index (χ4n) is 12.7. The maximum Gasteiger partial charge on any atom is 0.406 e. The number of halogens is 4. The number of nitrogens with one attached hydrogen (secondary N) is 8. The van der Waals surface area contributed by atoms with E-state index in [9.17, 15) is 75.8 Å². The number of H-pyrrole nitrogens is 4. The number of hydrogen-bond acceptors (Lipinski definition) is 32. The summed E-state index contributed by atoms with van der Waals surface area (Å²) in [5.74, 6) is -2.45. The Hall–Kier alpha value is -5.96. The lowest BCUT2D eigenvalue weighted by molar-refractivity contribution is -0.150. The minimum atomic E-state index is -3.92. The Labute approximate surface area is 679 Å². The highest BCUT2D eigenvalue weighted by molar-refractivity contribution is 7.52. The zero-order chi connectivity index (χ0) is 86.2. The van der Waals surface area contributed by atoms with E-state index >= 15 is 0 Å². The largest absolute Gasteiger partial charge is 0.462 e. The van der Waals surface area contributed by atoms with Crippen LogP contribution >= 0.6 is 77.4 Å². The van der Waals surface area contributed by atoms with E-state index < -0.39 is 217 Å². The van der Waals surface area contributed by atoms with Crippen molar-refractivity contribution in [1.29, 1.82) is 0 Å². The Bertz CT molecular complexity index is 4380. The summed E-state index contributed by atoms with van der Waals surface area (Å²) in [7, 11) is -15.7. The van der Waals surface area contributed by atoms with Gasteiger partial charge in [0.15, 0.2) is 24.9 Å². The van der Waals surface area contributed by atoms with Gasteiger partial charge in [0.25, 0.3) is 22.2 Å². The quantitative estimate of drug-likeness (QED) is 0.0271. The lowest BCUT2D eigenvalue weighted by Gasteiger charge is -2.36. The second kappa shape index (κ2) is 36.8. The van der Waals surface area contributed by atoms with E-state index in [0.717, 1.165) is 42.5 Å². The van der Waals surface area contributed by atoms with E-state index in [-0.39, 0.29) is 50.8 Å². The van der Waals surface area contributed by atoms with Gasteiger partial charge in [-0.1, -0.05) is 0 Å². The number of aromatic nitrogens is 8. The van der Waals surface area contributed by atoms with Crippen LogP contribution in [0, 0.1) is 0 Å². The lowest BCUT2D eigenvalue weighted by atomic mass is 10.0. The Balaban J connectivity index is 0.000000177. The molecular weight excluding hydrogens is 1710 g/mol. The summed E-state index contributed by atoms with van der Waals surface area (Å²) in [5.41, 5.74) is -5.08. The first-order chi connectivity index (χ1) is 53.7. The van der Waals surface area contributed by atoms with E-state index in [2.05, 4.69) is 40.3 Å². The third-order valence-electron chi connectivity index (χ3n) is 18.0. The standard InChI is InChI=1S/4C16H23ClN3O8P/c4*1-8(2)26-13(22)9(3)19-29(24)25-7-10-12(28-29)16(4,17)14(27-10)20-6-5-11(21)18-15(20)23/h4*5-6,8-10,12,14H,7H2,1-4H3,(H,19,24)(H,18,21,23)/t9-,10+,12+,14+,16+,29?;9-,10+,12+,14+,16+,29+;9-,10+,12+,14+,16+,29-;9-,10-,12-,14-,16-,29?/m0001/s1. The summed E-state index contributed by atoms with van der Waals surface area (Å²) in [6, 6.07) is 0.805. The average Bonchev–Trinajstić information content (AvgIpc) is 1.61. The fourth-order valence-corrected chi connectivity index (χ4v) is 21.4. The van der Waals surface area contributed by atoms with Crippen LogP contribution in [0.5, 0.6) is 0 Å². The molecule has 0 radical (unpaired) electrons. The van der Waals surface area contributed by atoms with Gasteiger partial charge in [0.05, 0.1) is 50.8 Å². The van der Waals surface area contributed by atoms with Crippen molar-refractivity contribution in [3.05, 3.63) is 132 Å². The SMILES string of the molecule is CC(C)OC(=O)[C@@H](C)NP1(=O)OC[C@H]2O[C@@H](n3ccc(=O)[nH]c3=O)[C@](C)(Cl)[C@@H]2O1.CC(C)OC(=O)[C@H](C)NP1(=O)OC[C@H]2O[C@@H](n3ccc(=O)[nH]c3=O)[C@](C)(Cl)[C@@H]2O1.CC(C)OC(=O)[C@H](C)N[P@@]1(=O)OC[C@H]2O[C@@H](n3ccc(=O)[nH]c3=O)[C@](C)(Cl)[C@@H]2O1.CC(C)OC(=O)[C@H](C)N[P@]1(=O)OC[C@H]2O[C@@H](n3ccc(=O)[nH]c3=O)[C@](C)(Cl)[C@@H]2O1. The van der Waals surface area contributed by atoms with Crippen LogP contribution in [0.1, 0.15) is 136 Å².